The van der Waals surface area contributed by atoms with Crippen LogP contribution in [0, 0.1) is 10.1 Å². The molecule has 80 valence electrons. The largest absolute Gasteiger partial charge is 0.504 e. The van der Waals surface area contributed by atoms with Gasteiger partial charge in [0.05, 0.1) is 23.7 Å². The quantitative estimate of drug-likeness (QED) is 0.347. The molecule has 0 heterocycles. The number of phenolic OH excluding ortho intramolecular Hbond substituents is 1. The van der Waals surface area contributed by atoms with E-state index in [1.807, 2.05) is 0 Å². The summed E-state index contributed by atoms with van der Waals surface area (Å²) in [6, 6.07) is 1.89. The van der Waals surface area contributed by atoms with Gasteiger partial charge in [0.2, 0.25) is 5.75 Å². The molecule has 0 aliphatic rings. The van der Waals surface area contributed by atoms with E-state index in [-0.39, 0.29) is 23.3 Å². The minimum atomic E-state index is -0.713. The molecule has 0 fully saturated rings. The van der Waals surface area contributed by atoms with E-state index in [4.69, 9.17) is 0 Å². The lowest BCUT2D eigenvalue weighted by atomic mass is 10.2. The third-order valence-electron chi connectivity index (χ3n) is 1.60. The van der Waals surface area contributed by atoms with Crippen LogP contribution in [0.1, 0.15) is 10.4 Å². The Morgan fingerprint density at radius 2 is 2.20 bits per heavy atom. The van der Waals surface area contributed by atoms with Gasteiger partial charge in [0, 0.05) is 6.07 Å². The van der Waals surface area contributed by atoms with Gasteiger partial charge in [0.25, 0.3) is 5.69 Å². The number of benzene rings is 1. The topological polar surface area (TPSA) is 98.9 Å². The highest BCUT2D eigenvalue weighted by atomic mass is 17.2. The molecule has 7 heteroatoms. The summed E-state index contributed by atoms with van der Waals surface area (Å²) in [4.78, 5) is 28.9. The van der Waals surface area contributed by atoms with Crippen LogP contribution < -0.4 is 4.89 Å². The van der Waals surface area contributed by atoms with Gasteiger partial charge < -0.3 is 9.99 Å². The molecule has 1 aromatic carbocycles. The van der Waals surface area contributed by atoms with Gasteiger partial charge >= 0.3 is 0 Å². The molecule has 7 nitrogen and oxygen atoms in total. The first-order valence-corrected chi connectivity index (χ1v) is 3.77. The van der Waals surface area contributed by atoms with E-state index in [9.17, 15) is 20.0 Å². The Kier molecular flexibility index (Phi) is 3.19. The molecule has 1 rings (SSSR count). The van der Waals surface area contributed by atoms with Crippen molar-refractivity contribution in [1.82, 2.24) is 0 Å². The molecule has 15 heavy (non-hydrogen) atoms. The number of carbonyl (C=O) groups is 1. The molecular formula is C8H7NO6. The number of non-ortho nitro benzene ring substituents is 1. The van der Waals surface area contributed by atoms with Crippen molar-refractivity contribution in [2.24, 2.45) is 0 Å². The Morgan fingerprint density at radius 3 is 2.67 bits per heavy atom. The molecule has 0 saturated heterocycles. The fourth-order valence-electron chi connectivity index (χ4n) is 0.963. The minimum absolute atomic E-state index is 0.240. The van der Waals surface area contributed by atoms with E-state index in [0.717, 1.165) is 12.1 Å². The summed E-state index contributed by atoms with van der Waals surface area (Å²) >= 11 is 0. The zero-order valence-electron chi connectivity index (χ0n) is 7.67. The molecule has 0 spiro atoms. The van der Waals surface area contributed by atoms with Crippen LogP contribution in [0.5, 0.6) is 11.5 Å². The number of nitrogens with zero attached hydrogens (tertiary/aromatic N) is 1. The molecule has 1 N–H and O–H groups in total. The van der Waals surface area contributed by atoms with Crippen LogP contribution in [-0.4, -0.2) is 23.4 Å². The number of nitro groups is 1. The highest BCUT2D eigenvalue weighted by Gasteiger charge is 2.17. The molecule has 0 bridgehead atoms. The first-order valence-electron chi connectivity index (χ1n) is 3.77. The number of nitro benzene ring substituents is 1. The van der Waals surface area contributed by atoms with Crippen molar-refractivity contribution >= 4 is 12.0 Å². The normalized spacial score (nSPS) is 9.67. The predicted molar refractivity (Wildman–Crippen MR) is 47.8 cm³/mol. The molecule has 0 saturated carbocycles. The van der Waals surface area contributed by atoms with Gasteiger partial charge in [0.15, 0.2) is 12.0 Å². The first kappa shape index (κ1) is 10.9. The zero-order chi connectivity index (χ0) is 11.4. The third kappa shape index (κ3) is 2.20. The summed E-state index contributed by atoms with van der Waals surface area (Å²) in [5.41, 5.74) is -0.613. The van der Waals surface area contributed by atoms with Crippen LogP contribution in [0.4, 0.5) is 5.69 Å². The van der Waals surface area contributed by atoms with E-state index in [1.54, 1.807) is 0 Å². The highest BCUT2D eigenvalue weighted by molar-refractivity contribution is 5.82. The second-order valence-electron chi connectivity index (χ2n) is 2.51. The number of phenols is 1. The Morgan fingerprint density at radius 1 is 1.53 bits per heavy atom. The van der Waals surface area contributed by atoms with Gasteiger partial charge in [-0.1, -0.05) is 0 Å². The summed E-state index contributed by atoms with van der Waals surface area (Å²) < 4.78 is 0. The molecule has 0 atom stereocenters. The average molecular weight is 213 g/mol. The number of carbonyl (C=O) groups excluding carboxylic acids is 1. The predicted octanol–water partition coefficient (Wildman–Crippen LogP) is 1.05. The van der Waals surface area contributed by atoms with Crippen molar-refractivity contribution in [3.05, 3.63) is 27.8 Å². The van der Waals surface area contributed by atoms with E-state index < -0.39 is 10.7 Å². The average Bonchev–Trinajstić information content (AvgIpc) is 2.21. The zero-order valence-corrected chi connectivity index (χ0v) is 7.67. The van der Waals surface area contributed by atoms with Crippen molar-refractivity contribution in [2.45, 2.75) is 0 Å². The molecular weight excluding hydrogens is 206 g/mol. The maximum absolute atomic E-state index is 10.5. The van der Waals surface area contributed by atoms with Gasteiger partial charge in [-0.05, 0) is 0 Å². The Hall–Kier alpha value is -2.15. The number of hydrogen-bond donors (Lipinski definition) is 1. The number of hydrogen-bond acceptors (Lipinski definition) is 6. The van der Waals surface area contributed by atoms with Gasteiger partial charge in [-0.15, -0.1) is 0 Å². The van der Waals surface area contributed by atoms with Crippen LogP contribution in [0.3, 0.4) is 0 Å². The van der Waals surface area contributed by atoms with E-state index >= 15 is 0 Å². The minimum Gasteiger partial charge on any atom is -0.504 e. The van der Waals surface area contributed by atoms with Crippen molar-refractivity contribution in [2.75, 3.05) is 7.11 Å². The van der Waals surface area contributed by atoms with E-state index in [0.29, 0.717) is 0 Å². The van der Waals surface area contributed by atoms with Crippen molar-refractivity contribution in [3.8, 4) is 11.5 Å². The standard InChI is InChI=1S/C8H7NO6/c1-14-15-7-3-6(9(12)13)2-5(4-10)8(7)11/h2-4,11H,1H3. The fourth-order valence-corrected chi connectivity index (χ4v) is 0.963. The van der Waals surface area contributed by atoms with Crippen molar-refractivity contribution in [3.63, 3.8) is 0 Å². The lowest BCUT2D eigenvalue weighted by Crippen LogP contribution is -1.96. The van der Waals surface area contributed by atoms with Crippen LogP contribution in [-0.2, 0) is 4.89 Å². The maximum Gasteiger partial charge on any atom is 0.274 e. The first-order chi connectivity index (χ1) is 7.10. The van der Waals surface area contributed by atoms with Crippen LogP contribution in [0.15, 0.2) is 12.1 Å². The molecule has 1 aromatic rings. The third-order valence-corrected chi connectivity index (χ3v) is 1.60. The highest BCUT2D eigenvalue weighted by Crippen LogP contribution is 2.33. The van der Waals surface area contributed by atoms with Crippen LogP contribution in [0.2, 0.25) is 0 Å². The summed E-state index contributed by atoms with van der Waals surface area (Å²) in [5, 5.41) is 19.8. The molecule has 0 amide bonds. The van der Waals surface area contributed by atoms with Gasteiger partial charge in [-0.2, -0.15) is 4.89 Å². The van der Waals surface area contributed by atoms with Gasteiger partial charge in [-0.25, -0.2) is 0 Å². The maximum atomic E-state index is 10.5. The molecule has 0 aromatic heterocycles. The Bertz CT molecular complexity index is 402. The molecule has 0 unspecified atom stereocenters. The van der Waals surface area contributed by atoms with Crippen LogP contribution in [0.25, 0.3) is 0 Å². The van der Waals surface area contributed by atoms with Crippen LogP contribution >= 0.6 is 0 Å². The van der Waals surface area contributed by atoms with Gasteiger partial charge in [0.1, 0.15) is 0 Å². The van der Waals surface area contributed by atoms with E-state index in [1.165, 1.54) is 7.11 Å². The fraction of sp³-hybridized carbons (Fsp3) is 0.125. The SMILES string of the molecule is COOc1cc([N+](=O)[O-])cc(C=O)c1O. The van der Waals surface area contributed by atoms with Crippen molar-refractivity contribution < 1.29 is 24.6 Å². The molecule has 0 radical (unpaired) electrons. The van der Waals surface area contributed by atoms with Gasteiger partial charge in [-0.3, -0.25) is 14.9 Å². The number of aldehydes is 1. The summed E-state index contributed by atoms with van der Waals surface area (Å²) in [6.07, 6.45) is 0.283. The smallest absolute Gasteiger partial charge is 0.274 e. The van der Waals surface area contributed by atoms with E-state index in [2.05, 4.69) is 9.78 Å². The summed E-state index contributed by atoms with van der Waals surface area (Å²) in [5.74, 6) is -0.786. The second kappa shape index (κ2) is 4.38. The molecule has 0 aliphatic heterocycles. The summed E-state index contributed by atoms with van der Waals surface area (Å²) in [7, 11) is 1.17. The van der Waals surface area contributed by atoms with Crippen molar-refractivity contribution in [1.29, 1.82) is 0 Å². The second-order valence-corrected chi connectivity index (χ2v) is 2.51. The Labute approximate surface area is 83.9 Å². The number of rotatable bonds is 4. The monoisotopic (exact) mass is 213 g/mol. The molecule has 0 aliphatic carbocycles. The lowest BCUT2D eigenvalue weighted by Gasteiger charge is -2.04. The Balaban J connectivity index is 3.31. The lowest BCUT2D eigenvalue weighted by molar-refractivity contribution is -0.385. The summed E-state index contributed by atoms with van der Waals surface area (Å²) in [6.45, 7) is 0. The number of aromatic hydroxyl groups is 1.